The average Bonchev–Trinajstić information content (AvgIpc) is 2.19. The number of carbonyl (C=O) groups is 1. The fraction of sp³-hybridized carbons (Fsp3) is 0.300. The SMILES string of the molecule is CNC(=O)NCc1cc(C)ccc1O. The number of hydrogen-bond donors (Lipinski definition) is 3. The Kier molecular flexibility index (Phi) is 3.34. The second-order valence-electron chi connectivity index (χ2n) is 3.06. The first kappa shape index (κ1) is 10.4. The molecule has 76 valence electrons. The smallest absolute Gasteiger partial charge is 0.314 e. The summed E-state index contributed by atoms with van der Waals surface area (Å²) in [6.07, 6.45) is 0. The zero-order valence-corrected chi connectivity index (χ0v) is 8.29. The fourth-order valence-electron chi connectivity index (χ4n) is 1.12. The van der Waals surface area contributed by atoms with Gasteiger partial charge in [-0.05, 0) is 13.0 Å². The molecule has 0 unspecified atom stereocenters. The summed E-state index contributed by atoms with van der Waals surface area (Å²) in [6.45, 7) is 2.26. The Labute approximate surface area is 82.9 Å². The summed E-state index contributed by atoms with van der Waals surface area (Å²) in [7, 11) is 1.55. The average molecular weight is 194 g/mol. The third-order valence-corrected chi connectivity index (χ3v) is 1.90. The molecule has 1 aromatic carbocycles. The molecule has 0 aromatic heterocycles. The molecule has 14 heavy (non-hydrogen) atoms. The number of rotatable bonds is 2. The summed E-state index contributed by atoms with van der Waals surface area (Å²) in [4.78, 5) is 10.9. The van der Waals surface area contributed by atoms with Gasteiger partial charge in [0.1, 0.15) is 5.75 Å². The minimum atomic E-state index is -0.258. The molecule has 3 N–H and O–H groups in total. The van der Waals surface area contributed by atoms with Crippen LogP contribution in [-0.2, 0) is 6.54 Å². The van der Waals surface area contributed by atoms with Crippen molar-refractivity contribution in [1.82, 2.24) is 10.6 Å². The number of phenols is 1. The minimum Gasteiger partial charge on any atom is -0.508 e. The molecular weight excluding hydrogens is 180 g/mol. The van der Waals surface area contributed by atoms with Crippen molar-refractivity contribution in [3.05, 3.63) is 29.3 Å². The Morgan fingerprint density at radius 1 is 1.50 bits per heavy atom. The van der Waals surface area contributed by atoms with Gasteiger partial charge in [0.25, 0.3) is 0 Å². The molecule has 0 bridgehead atoms. The maximum Gasteiger partial charge on any atom is 0.314 e. The quantitative estimate of drug-likeness (QED) is 0.661. The number of benzene rings is 1. The van der Waals surface area contributed by atoms with Gasteiger partial charge >= 0.3 is 6.03 Å². The van der Waals surface area contributed by atoms with E-state index < -0.39 is 0 Å². The number of amides is 2. The Hall–Kier alpha value is -1.71. The number of nitrogens with one attached hydrogen (secondary N) is 2. The summed E-state index contributed by atoms with van der Waals surface area (Å²) in [5, 5.41) is 14.5. The second-order valence-corrected chi connectivity index (χ2v) is 3.06. The van der Waals surface area contributed by atoms with E-state index in [1.54, 1.807) is 13.1 Å². The van der Waals surface area contributed by atoms with E-state index in [0.29, 0.717) is 12.1 Å². The highest BCUT2D eigenvalue weighted by molar-refractivity contribution is 5.73. The lowest BCUT2D eigenvalue weighted by Gasteiger charge is -2.07. The third kappa shape index (κ3) is 2.65. The third-order valence-electron chi connectivity index (χ3n) is 1.90. The van der Waals surface area contributed by atoms with Crippen LogP contribution < -0.4 is 10.6 Å². The van der Waals surface area contributed by atoms with E-state index in [9.17, 15) is 9.90 Å². The van der Waals surface area contributed by atoms with E-state index >= 15 is 0 Å². The van der Waals surface area contributed by atoms with Crippen LogP contribution in [0.25, 0.3) is 0 Å². The molecule has 1 aromatic rings. The number of phenolic OH excluding ortho intramolecular Hbond substituents is 1. The number of aromatic hydroxyl groups is 1. The molecule has 0 aliphatic rings. The molecule has 0 heterocycles. The van der Waals surface area contributed by atoms with Crippen molar-refractivity contribution in [2.45, 2.75) is 13.5 Å². The van der Waals surface area contributed by atoms with Gasteiger partial charge in [-0.2, -0.15) is 0 Å². The Morgan fingerprint density at radius 2 is 2.21 bits per heavy atom. The minimum absolute atomic E-state index is 0.201. The van der Waals surface area contributed by atoms with E-state index in [1.807, 2.05) is 19.1 Å². The zero-order valence-electron chi connectivity index (χ0n) is 8.29. The fourth-order valence-corrected chi connectivity index (χ4v) is 1.12. The van der Waals surface area contributed by atoms with E-state index in [4.69, 9.17) is 0 Å². The van der Waals surface area contributed by atoms with Gasteiger partial charge in [-0.25, -0.2) is 4.79 Å². The number of urea groups is 1. The topological polar surface area (TPSA) is 61.4 Å². The molecule has 0 saturated carbocycles. The van der Waals surface area contributed by atoms with Crippen molar-refractivity contribution in [2.24, 2.45) is 0 Å². The van der Waals surface area contributed by atoms with E-state index in [0.717, 1.165) is 5.56 Å². The molecule has 4 heteroatoms. The van der Waals surface area contributed by atoms with Gasteiger partial charge in [0.15, 0.2) is 0 Å². The largest absolute Gasteiger partial charge is 0.508 e. The van der Waals surface area contributed by atoms with Crippen LogP contribution in [0.4, 0.5) is 4.79 Å². The van der Waals surface area contributed by atoms with Gasteiger partial charge in [-0.1, -0.05) is 17.7 Å². The molecule has 0 aliphatic carbocycles. The van der Waals surface area contributed by atoms with Crippen molar-refractivity contribution >= 4 is 6.03 Å². The summed E-state index contributed by atoms with van der Waals surface area (Å²) in [5.74, 6) is 0.201. The van der Waals surface area contributed by atoms with Crippen LogP contribution in [0.5, 0.6) is 5.75 Å². The molecule has 2 amide bonds. The highest BCUT2D eigenvalue weighted by atomic mass is 16.3. The highest BCUT2D eigenvalue weighted by Crippen LogP contribution is 2.17. The lowest BCUT2D eigenvalue weighted by molar-refractivity contribution is 0.242. The van der Waals surface area contributed by atoms with Crippen molar-refractivity contribution in [3.8, 4) is 5.75 Å². The monoisotopic (exact) mass is 194 g/mol. The maximum atomic E-state index is 10.9. The van der Waals surface area contributed by atoms with Crippen molar-refractivity contribution in [2.75, 3.05) is 7.05 Å². The Bertz CT molecular complexity index is 337. The molecule has 0 radical (unpaired) electrons. The first-order chi connectivity index (χ1) is 6.63. The van der Waals surface area contributed by atoms with Gasteiger partial charge in [-0.3, -0.25) is 0 Å². The summed E-state index contributed by atoms with van der Waals surface area (Å²) >= 11 is 0. The molecule has 0 saturated heterocycles. The van der Waals surface area contributed by atoms with Crippen LogP contribution in [0.1, 0.15) is 11.1 Å². The molecule has 0 spiro atoms. The van der Waals surface area contributed by atoms with E-state index in [-0.39, 0.29) is 11.8 Å². The predicted molar refractivity (Wildman–Crippen MR) is 54.1 cm³/mol. The molecular formula is C10H14N2O2. The van der Waals surface area contributed by atoms with Gasteiger partial charge < -0.3 is 15.7 Å². The molecule has 0 fully saturated rings. The highest BCUT2D eigenvalue weighted by Gasteiger charge is 2.02. The first-order valence-corrected chi connectivity index (χ1v) is 4.37. The number of carbonyl (C=O) groups excluding carboxylic acids is 1. The summed E-state index contributed by atoms with van der Waals surface area (Å²) in [5.41, 5.74) is 1.77. The van der Waals surface area contributed by atoms with Crippen LogP contribution in [0, 0.1) is 6.92 Å². The normalized spacial score (nSPS) is 9.57. The lowest BCUT2D eigenvalue weighted by atomic mass is 10.1. The second kappa shape index (κ2) is 4.50. The first-order valence-electron chi connectivity index (χ1n) is 4.37. The summed E-state index contributed by atoms with van der Waals surface area (Å²) in [6, 6.07) is 5.02. The maximum absolute atomic E-state index is 10.9. The van der Waals surface area contributed by atoms with Crippen LogP contribution in [0.3, 0.4) is 0 Å². The molecule has 4 nitrogen and oxygen atoms in total. The van der Waals surface area contributed by atoms with Gasteiger partial charge in [-0.15, -0.1) is 0 Å². The van der Waals surface area contributed by atoms with Crippen molar-refractivity contribution in [1.29, 1.82) is 0 Å². The van der Waals surface area contributed by atoms with E-state index in [2.05, 4.69) is 10.6 Å². The van der Waals surface area contributed by atoms with Crippen molar-refractivity contribution < 1.29 is 9.90 Å². The Morgan fingerprint density at radius 3 is 2.86 bits per heavy atom. The standard InChI is InChI=1S/C10H14N2O2/c1-7-3-4-9(13)8(5-7)6-12-10(14)11-2/h3-5,13H,6H2,1-2H3,(H2,11,12,14). The van der Waals surface area contributed by atoms with Gasteiger partial charge in [0.2, 0.25) is 0 Å². The molecule has 0 aliphatic heterocycles. The molecule has 0 atom stereocenters. The Balaban J connectivity index is 2.66. The van der Waals surface area contributed by atoms with Crippen molar-refractivity contribution in [3.63, 3.8) is 0 Å². The van der Waals surface area contributed by atoms with Crippen LogP contribution in [0.2, 0.25) is 0 Å². The van der Waals surface area contributed by atoms with Gasteiger partial charge in [0, 0.05) is 19.2 Å². The van der Waals surface area contributed by atoms with Crippen LogP contribution >= 0.6 is 0 Å². The van der Waals surface area contributed by atoms with Crippen LogP contribution in [0.15, 0.2) is 18.2 Å². The molecule has 1 rings (SSSR count). The van der Waals surface area contributed by atoms with Gasteiger partial charge in [0.05, 0.1) is 0 Å². The summed E-state index contributed by atoms with van der Waals surface area (Å²) < 4.78 is 0. The number of aryl methyl sites for hydroxylation is 1. The zero-order chi connectivity index (χ0) is 10.6. The van der Waals surface area contributed by atoms with Crippen LogP contribution in [-0.4, -0.2) is 18.2 Å². The van der Waals surface area contributed by atoms with E-state index in [1.165, 1.54) is 0 Å². The predicted octanol–water partition coefficient (Wildman–Crippen LogP) is 1.13. The number of hydrogen-bond acceptors (Lipinski definition) is 2. The lowest BCUT2D eigenvalue weighted by Crippen LogP contribution is -2.32.